The van der Waals surface area contributed by atoms with E-state index in [0.29, 0.717) is 11.1 Å². The Labute approximate surface area is 124 Å². The number of hydrogen-bond donors (Lipinski definition) is 2. The van der Waals surface area contributed by atoms with Crippen LogP contribution in [0, 0.1) is 0 Å². The maximum absolute atomic E-state index is 11.4. The molecule has 0 aromatic heterocycles. The smallest absolute Gasteiger partial charge is 0.409 e. The molecule has 1 aliphatic rings. The summed E-state index contributed by atoms with van der Waals surface area (Å²) < 4.78 is 4.58. The Morgan fingerprint density at radius 3 is 2.33 bits per heavy atom. The standard InChI is InChI=1S/C13H13NO6S/c1-20-12(17)8-4-2-7(3-5-8)10-14(13(18)19)9(6-21-10)11(15)16/h2-5,9-10H,6H2,1H3,(H,15,16)(H,18,19)/t9?,10-/m1/s1. The molecule has 1 aliphatic heterocycles. The van der Waals surface area contributed by atoms with E-state index in [1.54, 1.807) is 12.1 Å². The number of nitrogens with zero attached hydrogens (tertiary/aromatic N) is 1. The third-order valence-electron chi connectivity index (χ3n) is 3.12. The van der Waals surface area contributed by atoms with Crippen molar-refractivity contribution < 1.29 is 29.3 Å². The molecular weight excluding hydrogens is 298 g/mol. The van der Waals surface area contributed by atoms with Crippen molar-refractivity contribution in [2.75, 3.05) is 12.9 Å². The maximum atomic E-state index is 11.4. The predicted octanol–water partition coefficient (Wildman–Crippen LogP) is 1.65. The molecule has 1 fully saturated rings. The van der Waals surface area contributed by atoms with Gasteiger partial charge in [-0.1, -0.05) is 12.1 Å². The molecule has 1 aromatic rings. The first kappa shape index (κ1) is 15.2. The summed E-state index contributed by atoms with van der Waals surface area (Å²) in [4.78, 5) is 34.7. The van der Waals surface area contributed by atoms with Gasteiger partial charge in [0.1, 0.15) is 11.4 Å². The van der Waals surface area contributed by atoms with E-state index in [1.165, 1.54) is 31.0 Å². The molecule has 112 valence electrons. The fraction of sp³-hybridized carbons (Fsp3) is 0.308. The molecule has 2 N–H and O–H groups in total. The number of esters is 1. The van der Waals surface area contributed by atoms with Crippen LogP contribution in [0.2, 0.25) is 0 Å². The number of hydrogen-bond acceptors (Lipinski definition) is 5. The van der Waals surface area contributed by atoms with Gasteiger partial charge in [-0.3, -0.25) is 4.90 Å². The Morgan fingerprint density at radius 1 is 1.24 bits per heavy atom. The molecule has 2 rings (SSSR count). The van der Waals surface area contributed by atoms with Crippen molar-refractivity contribution in [2.24, 2.45) is 0 Å². The molecule has 2 atom stereocenters. The molecule has 1 heterocycles. The summed E-state index contributed by atoms with van der Waals surface area (Å²) in [6.07, 6.45) is -1.28. The summed E-state index contributed by atoms with van der Waals surface area (Å²) in [5, 5.41) is 17.7. The van der Waals surface area contributed by atoms with Crippen LogP contribution in [0.3, 0.4) is 0 Å². The van der Waals surface area contributed by atoms with Crippen LogP contribution in [0.1, 0.15) is 21.3 Å². The van der Waals surface area contributed by atoms with Gasteiger partial charge < -0.3 is 14.9 Å². The zero-order valence-electron chi connectivity index (χ0n) is 11.1. The van der Waals surface area contributed by atoms with Crippen LogP contribution in [0.25, 0.3) is 0 Å². The first-order valence-corrected chi connectivity index (χ1v) is 7.04. The van der Waals surface area contributed by atoms with E-state index in [1.807, 2.05) is 0 Å². The van der Waals surface area contributed by atoms with Crippen LogP contribution in [-0.2, 0) is 9.53 Å². The summed E-state index contributed by atoms with van der Waals surface area (Å²) in [5.41, 5.74) is 0.972. The van der Waals surface area contributed by atoms with Gasteiger partial charge in [-0.15, -0.1) is 11.8 Å². The second-order valence-electron chi connectivity index (χ2n) is 4.34. The maximum Gasteiger partial charge on any atom is 0.409 e. The SMILES string of the molecule is COC(=O)c1ccc([C@H]2SCC(C(=O)O)N2C(=O)O)cc1. The molecule has 0 radical (unpaired) electrons. The Hall–Kier alpha value is -2.22. The number of methoxy groups -OCH3 is 1. The van der Waals surface area contributed by atoms with Crippen molar-refractivity contribution in [1.29, 1.82) is 0 Å². The van der Waals surface area contributed by atoms with Gasteiger partial charge in [0.25, 0.3) is 0 Å². The van der Waals surface area contributed by atoms with Gasteiger partial charge in [0.15, 0.2) is 0 Å². The van der Waals surface area contributed by atoms with Gasteiger partial charge in [0.05, 0.1) is 12.7 Å². The van der Waals surface area contributed by atoms with Gasteiger partial charge >= 0.3 is 18.0 Å². The number of carboxylic acids is 1. The van der Waals surface area contributed by atoms with Gasteiger partial charge in [-0.2, -0.15) is 0 Å². The first-order valence-electron chi connectivity index (χ1n) is 5.99. The van der Waals surface area contributed by atoms with Crippen LogP contribution < -0.4 is 0 Å². The average Bonchev–Trinajstić information content (AvgIpc) is 2.91. The van der Waals surface area contributed by atoms with E-state index >= 15 is 0 Å². The highest BCUT2D eigenvalue weighted by Gasteiger charge is 2.42. The van der Waals surface area contributed by atoms with Crippen LogP contribution in [0.4, 0.5) is 4.79 Å². The van der Waals surface area contributed by atoms with Crippen molar-refractivity contribution in [3.05, 3.63) is 35.4 Å². The Morgan fingerprint density at radius 2 is 1.86 bits per heavy atom. The number of carbonyl (C=O) groups is 3. The second-order valence-corrected chi connectivity index (χ2v) is 5.46. The fourth-order valence-corrected chi connectivity index (χ4v) is 3.50. The van der Waals surface area contributed by atoms with Gasteiger partial charge in [-0.25, -0.2) is 14.4 Å². The minimum absolute atomic E-state index is 0.186. The van der Waals surface area contributed by atoms with E-state index in [2.05, 4.69) is 4.74 Å². The average molecular weight is 311 g/mol. The number of thioether (sulfide) groups is 1. The van der Waals surface area contributed by atoms with Crippen LogP contribution >= 0.6 is 11.8 Å². The van der Waals surface area contributed by atoms with Crippen molar-refractivity contribution >= 4 is 29.8 Å². The summed E-state index contributed by atoms with van der Waals surface area (Å²) >= 11 is 1.24. The van der Waals surface area contributed by atoms with Crippen molar-refractivity contribution in [1.82, 2.24) is 4.90 Å². The van der Waals surface area contributed by atoms with Crippen LogP contribution in [-0.4, -0.2) is 52.0 Å². The highest BCUT2D eigenvalue weighted by Crippen LogP contribution is 2.41. The molecule has 21 heavy (non-hydrogen) atoms. The Balaban J connectivity index is 2.26. The van der Waals surface area contributed by atoms with E-state index in [-0.39, 0.29) is 5.75 Å². The van der Waals surface area contributed by atoms with Crippen molar-refractivity contribution in [2.45, 2.75) is 11.4 Å². The lowest BCUT2D eigenvalue weighted by molar-refractivity contribution is -0.141. The number of benzene rings is 1. The first-order chi connectivity index (χ1) is 9.95. The molecule has 0 saturated carbocycles. The molecule has 1 aromatic carbocycles. The normalized spacial score (nSPS) is 21.1. The number of ether oxygens (including phenoxy) is 1. The number of carbonyl (C=O) groups excluding carboxylic acids is 1. The molecule has 8 heteroatoms. The Bertz CT molecular complexity index is 573. The quantitative estimate of drug-likeness (QED) is 0.818. The molecule has 1 unspecified atom stereocenters. The predicted molar refractivity (Wildman–Crippen MR) is 74.3 cm³/mol. The minimum Gasteiger partial charge on any atom is -0.480 e. The molecule has 1 amide bonds. The van der Waals surface area contributed by atoms with Crippen molar-refractivity contribution in [3.8, 4) is 0 Å². The summed E-state index contributed by atoms with van der Waals surface area (Å²) in [6, 6.07) is 5.18. The van der Waals surface area contributed by atoms with Gasteiger partial charge in [-0.05, 0) is 17.7 Å². The van der Waals surface area contributed by atoms with E-state index < -0.39 is 29.4 Å². The molecular formula is C13H13NO6S. The lowest BCUT2D eigenvalue weighted by Crippen LogP contribution is -2.42. The number of rotatable bonds is 3. The van der Waals surface area contributed by atoms with E-state index in [4.69, 9.17) is 5.11 Å². The fourth-order valence-electron chi connectivity index (χ4n) is 2.09. The van der Waals surface area contributed by atoms with Crippen molar-refractivity contribution in [3.63, 3.8) is 0 Å². The van der Waals surface area contributed by atoms with E-state index in [0.717, 1.165) is 4.90 Å². The molecule has 7 nitrogen and oxygen atoms in total. The summed E-state index contributed by atoms with van der Waals surface area (Å²) in [5.74, 6) is -1.47. The zero-order chi connectivity index (χ0) is 15.6. The third kappa shape index (κ3) is 2.94. The molecule has 0 aliphatic carbocycles. The molecule has 1 saturated heterocycles. The highest BCUT2D eigenvalue weighted by molar-refractivity contribution is 7.99. The highest BCUT2D eigenvalue weighted by atomic mass is 32.2. The van der Waals surface area contributed by atoms with Crippen LogP contribution in [0.15, 0.2) is 24.3 Å². The lowest BCUT2D eigenvalue weighted by Gasteiger charge is -2.24. The second kappa shape index (κ2) is 6.04. The number of aliphatic carboxylic acids is 1. The summed E-state index contributed by atoms with van der Waals surface area (Å²) in [7, 11) is 1.27. The molecule has 0 bridgehead atoms. The molecule has 0 spiro atoms. The summed E-state index contributed by atoms with van der Waals surface area (Å²) in [6.45, 7) is 0. The monoisotopic (exact) mass is 311 g/mol. The zero-order valence-corrected chi connectivity index (χ0v) is 11.9. The largest absolute Gasteiger partial charge is 0.480 e. The topological polar surface area (TPSA) is 104 Å². The van der Waals surface area contributed by atoms with Gasteiger partial charge in [0, 0.05) is 5.75 Å². The van der Waals surface area contributed by atoms with E-state index in [9.17, 15) is 19.5 Å². The number of amides is 1. The third-order valence-corrected chi connectivity index (χ3v) is 4.45. The lowest BCUT2D eigenvalue weighted by atomic mass is 10.1. The van der Waals surface area contributed by atoms with Crippen LogP contribution in [0.5, 0.6) is 0 Å². The number of carboxylic acid groups (broad SMARTS) is 2. The minimum atomic E-state index is -1.28. The van der Waals surface area contributed by atoms with Gasteiger partial charge in [0.2, 0.25) is 0 Å². The Kier molecular flexibility index (Phi) is 4.37.